The summed E-state index contributed by atoms with van der Waals surface area (Å²) in [5.74, 6) is -0.679. The summed E-state index contributed by atoms with van der Waals surface area (Å²) in [6, 6.07) is 7.75. The number of carbonyl (C=O) groups excluding carboxylic acids is 1. The summed E-state index contributed by atoms with van der Waals surface area (Å²) in [5.41, 5.74) is -0.00108. The van der Waals surface area contributed by atoms with E-state index in [1.54, 1.807) is 13.8 Å². The number of hydrogen-bond acceptors (Lipinski definition) is 5. The summed E-state index contributed by atoms with van der Waals surface area (Å²) in [5, 5.41) is 8.15. The smallest absolute Gasteiger partial charge is 0.417 e. The number of benzene rings is 2. The van der Waals surface area contributed by atoms with E-state index in [9.17, 15) is 31.5 Å². The fraction of sp³-hybridized carbons (Fsp3) is 0.308. The van der Waals surface area contributed by atoms with Gasteiger partial charge < -0.3 is 9.64 Å². The first kappa shape index (κ1) is 27.6. The normalized spacial score (nSPS) is 16.3. The van der Waals surface area contributed by atoms with Gasteiger partial charge in [0, 0.05) is 23.6 Å². The number of amides is 1. The minimum atomic E-state index is -4.73. The number of rotatable bonds is 5. The molecule has 0 aliphatic carbocycles. The Labute approximate surface area is 228 Å². The van der Waals surface area contributed by atoms with E-state index < -0.39 is 46.9 Å². The summed E-state index contributed by atoms with van der Waals surface area (Å²) in [7, 11) is 0. The molecule has 0 N–H and O–H groups in total. The fourth-order valence-corrected chi connectivity index (χ4v) is 5.02. The van der Waals surface area contributed by atoms with Gasteiger partial charge in [0.2, 0.25) is 0 Å². The van der Waals surface area contributed by atoms with E-state index in [1.165, 1.54) is 50.8 Å². The largest absolute Gasteiger partial charge is 0.435 e. The maximum atomic E-state index is 13.6. The van der Waals surface area contributed by atoms with Crippen LogP contribution in [0.25, 0.3) is 5.52 Å². The van der Waals surface area contributed by atoms with Gasteiger partial charge in [0.1, 0.15) is 17.6 Å². The number of carbonyl (C=O) groups is 1. The minimum Gasteiger partial charge on any atom is -0.435 e. The van der Waals surface area contributed by atoms with Gasteiger partial charge in [0.15, 0.2) is 0 Å². The topological polar surface area (TPSA) is 81.7 Å². The minimum absolute atomic E-state index is 0.0338. The average molecular weight is 582 g/mol. The number of fused-ring (bicyclic) bond motifs is 3. The van der Waals surface area contributed by atoms with Gasteiger partial charge >= 0.3 is 12.8 Å². The monoisotopic (exact) mass is 581 g/mol. The SMILES string of the molecule is C[C@@H]1Cc2nn3cnn([C@@H](C)c4ccc(OC(F)F)cc4)c(=O)c3c2CN1C(=O)c1ccc(Cl)c(C(F)(F)F)c1. The summed E-state index contributed by atoms with van der Waals surface area (Å²) in [6.07, 6.45) is -3.12. The maximum Gasteiger partial charge on any atom is 0.417 e. The Kier molecular flexibility index (Phi) is 7.02. The number of hydrogen-bond donors (Lipinski definition) is 0. The van der Waals surface area contributed by atoms with Crippen molar-refractivity contribution < 1.29 is 31.5 Å². The van der Waals surface area contributed by atoms with Crippen LogP contribution in [0.4, 0.5) is 22.0 Å². The van der Waals surface area contributed by atoms with Gasteiger partial charge in [-0.15, -0.1) is 0 Å². The third-order valence-electron chi connectivity index (χ3n) is 6.87. The first-order valence-electron chi connectivity index (χ1n) is 12.1. The van der Waals surface area contributed by atoms with E-state index in [1.807, 2.05) is 0 Å². The van der Waals surface area contributed by atoms with Gasteiger partial charge in [-0.05, 0) is 49.7 Å². The molecule has 1 aliphatic heterocycles. The van der Waals surface area contributed by atoms with Crippen molar-refractivity contribution in [1.82, 2.24) is 24.3 Å². The molecule has 0 spiro atoms. The molecular weight excluding hydrogens is 561 g/mol. The first-order chi connectivity index (χ1) is 18.8. The van der Waals surface area contributed by atoms with Crippen LogP contribution in [0.15, 0.2) is 53.6 Å². The van der Waals surface area contributed by atoms with Crippen LogP contribution in [0.3, 0.4) is 0 Å². The van der Waals surface area contributed by atoms with Crippen molar-refractivity contribution in [2.24, 2.45) is 0 Å². The lowest BCUT2D eigenvalue weighted by molar-refractivity contribution is -0.137. The van der Waals surface area contributed by atoms with Gasteiger partial charge in [-0.1, -0.05) is 23.7 Å². The van der Waals surface area contributed by atoms with Crippen molar-refractivity contribution in [3.05, 3.63) is 92.1 Å². The van der Waals surface area contributed by atoms with Crippen LogP contribution in [0.2, 0.25) is 5.02 Å². The van der Waals surface area contributed by atoms with Crippen LogP contribution in [-0.4, -0.2) is 42.9 Å². The molecule has 0 bridgehead atoms. The number of alkyl halides is 5. The fourth-order valence-electron chi connectivity index (χ4n) is 4.80. The summed E-state index contributed by atoms with van der Waals surface area (Å²) >= 11 is 5.71. The average Bonchev–Trinajstić information content (AvgIpc) is 3.25. The van der Waals surface area contributed by atoms with E-state index >= 15 is 0 Å². The molecule has 2 aromatic heterocycles. The van der Waals surface area contributed by atoms with Crippen LogP contribution < -0.4 is 10.3 Å². The Morgan fingerprint density at radius 2 is 1.85 bits per heavy atom. The second-order valence-corrected chi connectivity index (χ2v) is 9.81. The highest BCUT2D eigenvalue weighted by atomic mass is 35.5. The third-order valence-corrected chi connectivity index (χ3v) is 7.20. The summed E-state index contributed by atoms with van der Waals surface area (Å²) in [6.45, 7) is 0.415. The molecule has 0 fully saturated rings. The maximum absolute atomic E-state index is 13.6. The number of halogens is 6. The third kappa shape index (κ3) is 5.01. The Morgan fingerprint density at radius 1 is 1.15 bits per heavy atom. The van der Waals surface area contributed by atoms with Gasteiger partial charge in [-0.2, -0.15) is 32.1 Å². The van der Waals surface area contributed by atoms with Crippen LogP contribution in [-0.2, 0) is 19.1 Å². The predicted molar refractivity (Wildman–Crippen MR) is 134 cm³/mol. The molecule has 14 heteroatoms. The Balaban J connectivity index is 1.49. The number of nitrogens with zero attached hydrogens (tertiary/aromatic N) is 5. The number of ether oxygens (including phenoxy) is 1. The number of aromatic nitrogens is 4. The molecule has 2 aromatic carbocycles. The van der Waals surface area contributed by atoms with Crippen molar-refractivity contribution in [2.75, 3.05) is 0 Å². The standard InChI is InChI=1S/C26H21ClF5N5O3/c1-13-9-21-18(11-35(13)23(38)16-5-8-20(27)19(10-16)26(30,31)32)22-24(39)37(33-12-36(22)34-21)14(2)15-3-6-17(7-4-15)40-25(28)29/h3-8,10,12-14,25H,9,11H2,1-2H3/t13-,14+/m1/s1. The zero-order valence-electron chi connectivity index (χ0n) is 21.0. The molecule has 0 radical (unpaired) electrons. The van der Waals surface area contributed by atoms with E-state index in [4.69, 9.17) is 11.6 Å². The van der Waals surface area contributed by atoms with Crippen LogP contribution in [0, 0.1) is 0 Å². The zero-order chi connectivity index (χ0) is 28.9. The van der Waals surface area contributed by atoms with Gasteiger partial charge in [-0.25, -0.2) is 9.20 Å². The second kappa shape index (κ2) is 10.2. The molecule has 4 aromatic rings. The Bertz CT molecular complexity index is 1650. The molecule has 2 atom stereocenters. The molecular formula is C26H21ClF5N5O3. The van der Waals surface area contributed by atoms with Crippen molar-refractivity contribution >= 4 is 23.0 Å². The molecule has 1 aliphatic rings. The Hall–Kier alpha value is -4.00. The van der Waals surface area contributed by atoms with Crippen molar-refractivity contribution in [2.45, 2.75) is 51.7 Å². The molecule has 0 unspecified atom stereocenters. The van der Waals surface area contributed by atoms with Gasteiger partial charge in [0.25, 0.3) is 11.5 Å². The van der Waals surface area contributed by atoms with Crippen LogP contribution in [0.5, 0.6) is 5.75 Å². The first-order valence-corrected chi connectivity index (χ1v) is 12.4. The molecule has 3 heterocycles. The summed E-state index contributed by atoms with van der Waals surface area (Å²) in [4.78, 5) is 28.3. The quantitative estimate of drug-likeness (QED) is 0.296. The molecule has 0 saturated carbocycles. The van der Waals surface area contributed by atoms with E-state index in [0.717, 1.165) is 12.1 Å². The van der Waals surface area contributed by atoms with E-state index in [2.05, 4.69) is 14.9 Å². The zero-order valence-corrected chi connectivity index (χ0v) is 21.7. The molecule has 40 heavy (non-hydrogen) atoms. The van der Waals surface area contributed by atoms with Crippen molar-refractivity contribution in [1.29, 1.82) is 0 Å². The van der Waals surface area contributed by atoms with Crippen LogP contribution in [0.1, 0.15) is 52.6 Å². The predicted octanol–water partition coefficient (Wildman–Crippen LogP) is 5.36. The van der Waals surface area contributed by atoms with E-state index in [-0.39, 0.29) is 29.8 Å². The van der Waals surface area contributed by atoms with Gasteiger partial charge in [0.05, 0.1) is 28.9 Å². The van der Waals surface area contributed by atoms with Crippen LogP contribution >= 0.6 is 11.6 Å². The summed E-state index contributed by atoms with van der Waals surface area (Å²) < 4.78 is 72.0. The van der Waals surface area contributed by atoms with Crippen molar-refractivity contribution in [3.63, 3.8) is 0 Å². The highest BCUT2D eigenvalue weighted by Crippen LogP contribution is 2.36. The second-order valence-electron chi connectivity index (χ2n) is 9.40. The van der Waals surface area contributed by atoms with Crippen molar-refractivity contribution in [3.8, 4) is 5.75 Å². The highest BCUT2D eigenvalue weighted by molar-refractivity contribution is 6.31. The lowest BCUT2D eigenvalue weighted by Crippen LogP contribution is -2.42. The lowest BCUT2D eigenvalue weighted by atomic mass is 9.99. The molecule has 8 nitrogen and oxygen atoms in total. The van der Waals surface area contributed by atoms with E-state index in [0.29, 0.717) is 16.8 Å². The molecule has 1 amide bonds. The molecule has 5 rings (SSSR count). The lowest BCUT2D eigenvalue weighted by Gasteiger charge is -2.33. The molecule has 210 valence electrons. The highest BCUT2D eigenvalue weighted by Gasteiger charge is 2.36. The molecule has 0 saturated heterocycles. The Morgan fingerprint density at radius 3 is 2.50 bits per heavy atom. The van der Waals surface area contributed by atoms with Gasteiger partial charge in [-0.3, -0.25) is 9.59 Å².